The fourth-order valence-electron chi connectivity index (χ4n) is 2.68. The summed E-state index contributed by atoms with van der Waals surface area (Å²) >= 11 is 0. The lowest BCUT2D eigenvalue weighted by Crippen LogP contribution is -2.08. The number of hydrogen-bond donors (Lipinski definition) is 2. The van der Waals surface area contributed by atoms with Crippen molar-refractivity contribution in [2.45, 2.75) is 32.1 Å². The Labute approximate surface area is 166 Å². The van der Waals surface area contributed by atoms with E-state index in [0.717, 1.165) is 35.5 Å². The number of rotatable bonds is 16. The van der Waals surface area contributed by atoms with Gasteiger partial charge in [-0.15, -0.1) is 0 Å². The monoisotopic (exact) mass is 400 g/mol. The van der Waals surface area contributed by atoms with E-state index in [-0.39, 0.29) is 45.6 Å². The summed E-state index contributed by atoms with van der Waals surface area (Å²) in [6.07, 6.45) is 3.10. The van der Waals surface area contributed by atoms with Crippen LogP contribution >= 0.6 is 0 Å². The molecule has 8 heteroatoms. The topological polar surface area (TPSA) is 104 Å². The molecule has 0 spiro atoms. The van der Waals surface area contributed by atoms with Gasteiger partial charge in [0.15, 0.2) is 0 Å². The Kier molecular flexibility index (Phi) is 13.0. The van der Waals surface area contributed by atoms with Crippen molar-refractivity contribution >= 4 is 5.97 Å². The Morgan fingerprint density at radius 3 is 2.00 bits per heavy atom. The van der Waals surface area contributed by atoms with Crippen LogP contribution in [0.5, 0.6) is 11.5 Å². The molecule has 8 nitrogen and oxygen atoms in total. The van der Waals surface area contributed by atoms with Crippen LogP contribution in [-0.4, -0.2) is 70.2 Å². The van der Waals surface area contributed by atoms with Crippen LogP contribution in [-0.2, 0) is 31.8 Å². The standard InChI is InChI=1S/C20H32O8/c1-24-18-14-17(6-4-10-26-15-27-11-8-21)19(25-2)13-16(18)5-3-7-20(23)28-12-9-22/h13-14,21-22H,3-12,15H2,1-2H3. The summed E-state index contributed by atoms with van der Waals surface area (Å²) < 4.78 is 26.3. The van der Waals surface area contributed by atoms with E-state index in [1.165, 1.54) is 0 Å². The lowest BCUT2D eigenvalue weighted by Gasteiger charge is -2.15. The number of aryl methyl sites for hydroxylation is 2. The number of aliphatic hydroxyl groups is 2. The third-order valence-electron chi connectivity index (χ3n) is 4.00. The van der Waals surface area contributed by atoms with Crippen molar-refractivity contribution in [3.8, 4) is 11.5 Å². The second-order valence-corrected chi connectivity index (χ2v) is 6.04. The number of ether oxygens (including phenoxy) is 5. The van der Waals surface area contributed by atoms with Crippen molar-refractivity contribution in [3.05, 3.63) is 23.3 Å². The molecule has 0 aliphatic rings. The van der Waals surface area contributed by atoms with Gasteiger partial charge in [0.2, 0.25) is 0 Å². The smallest absolute Gasteiger partial charge is 0.305 e. The Bertz CT molecular complexity index is 561. The van der Waals surface area contributed by atoms with Crippen LogP contribution in [0.2, 0.25) is 0 Å². The van der Waals surface area contributed by atoms with Crippen molar-refractivity contribution < 1.29 is 38.7 Å². The minimum Gasteiger partial charge on any atom is -0.496 e. The molecule has 0 bridgehead atoms. The maximum Gasteiger partial charge on any atom is 0.305 e. The third-order valence-corrected chi connectivity index (χ3v) is 4.00. The van der Waals surface area contributed by atoms with Crippen LogP contribution in [0.25, 0.3) is 0 Å². The number of aliphatic hydroxyl groups excluding tert-OH is 2. The van der Waals surface area contributed by atoms with Crippen molar-refractivity contribution in [2.75, 3.05) is 54.0 Å². The molecule has 0 radical (unpaired) electrons. The number of carbonyl (C=O) groups excluding carboxylic acids is 1. The van der Waals surface area contributed by atoms with Gasteiger partial charge in [0.1, 0.15) is 24.9 Å². The molecule has 28 heavy (non-hydrogen) atoms. The highest BCUT2D eigenvalue weighted by atomic mass is 16.7. The lowest BCUT2D eigenvalue weighted by atomic mass is 10.0. The van der Waals surface area contributed by atoms with E-state index < -0.39 is 0 Å². The number of esters is 1. The lowest BCUT2D eigenvalue weighted by molar-refractivity contribution is -0.144. The van der Waals surface area contributed by atoms with Crippen LogP contribution < -0.4 is 9.47 Å². The molecule has 0 atom stereocenters. The van der Waals surface area contributed by atoms with Gasteiger partial charge in [0, 0.05) is 13.0 Å². The van der Waals surface area contributed by atoms with E-state index in [1.54, 1.807) is 14.2 Å². The molecular weight excluding hydrogens is 368 g/mol. The first kappa shape index (κ1) is 24.2. The predicted molar refractivity (Wildman–Crippen MR) is 103 cm³/mol. The van der Waals surface area contributed by atoms with Gasteiger partial charge in [-0.3, -0.25) is 4.79 Å². The number of hydrogen-bond acceptors (Lipinski definition) is 8. The maximum absolute atomic E-state index is 11.5. The second kappa shape index (κ2) is 15.1. The molecule has 0 aromatic heterocycles. The Morgan fingerprint density at radius 2 is 1.43 bits per heavy atom. The largest absolute Gasteiger partial charge is 0.496 e. The third kappa shape index (κ3) is 9.36. The highest BCUT2D eigenvalue weighted by Gasteiger charge is 2.12. The summed E-state index contributed by atoms with van der Waals surface area (Å²) in [7, 11) is 3.24. The molecule has 0 aliphatic carbocycles. The zero-order chi connectivity index (χ0) is 20.6. The van der Waals surface area contributed by atoms with Crippen LogP contribution in [0.3, 0.4) is 0 Å². The van der Waals surface area contributed by atoms with Gasteiger partial charge in [-0.2, -0.15) is 0 Å². The van der Waals surface area contributed by atoms with Gasteiger partial charge in [0.25, 0.3) is 0 Å². The van der Waals surface area contributed by atoms with Crippen LogP contribution in [0.1, 0.15) is 30.4 Å². The van der Waals surface area contributed by atoms with E-state index in [9.17, 15) is 4.79 Å². The van der Waals surface area contributed by atoms with Crippen LogP contribution in [0.15, 0.2) is 12.1 Å². The van der Waals surface area contributed by atoms with Crippen molar-refractivity contribution in [1.29, 1.82) is 0 Å². The van der Waals surface area contributed by atoms with E-state index in [4.69, 9.17) is 33.9 Å². The van der Waals surface area contributed by atoms with Crippen LogP contribution in [0, 0.1) is 0 Å². The van der Waals surface area contributed by atoms with E-state index >= 15 is 0 Å². The molecule has 0 amide bonds. The first-order valence-corrected chi connectivity index (χ1v) is 9.42. The number of carbonyl (C=O) groups is 1. The van der Waals surface area contributed by atoms with Gasteiger partial charge >= 0.3 is 5.97 Å². The van der Waals surface area contributed by atoms with Crippen molar-refractivity contribution in [2.24, 2.45) is 0 Å². The number of benzene rings is 1. The maximum atomic E-state index is 11.5. The van der Waals surface area contributed by atoms with Gasteiger partial charge in [-0.25, -0.2) is 0 Å². The average Bonchev–Trinajstić information content (AvgIpc) is 2.71. The molecule has 0 saturated carbocycles. The molecule has 160 valence electrons. The fraction of sp³-hybridized carbons (Fsp3) is 0.650. The van der Waals surface area contributed by atoms with Gasteiger partial charge in [-0.1, -0.05) is 0 Å². The normalized spacial score (nSPS) is 10.7. The van der Waals surface area contributed by atoms with E-state index in [2.05, 4.69) is 0 Å². The van der Waals surface area contributed by atoms with Crippen molar-refractivity contribution in [1.82, 2.24) is 0 Å². The first-order chi connectivity index (χ1) is 13.7. The highest BCUT2D eigenvalue weighted by molar-refractivity contribution is 5.69. The molecule has 2 N–H and O–H groups in total. The molecule has 0 saturated heterocycles. The molecule has 0 aliphatic heterocycles. The summed E-state index contributed by atoms with van der Waals surface area (Å²) in [5, 5.41) is 17.3. The molecule has 0 fully saturated rings. The number of methoxy groups -OCH3 is 2. The minimum absolute atomic E-state index is 0.0173. The summed E-state index contributed by atoms with van der Waals surface area (Å²) in [6, 6.07) is 3.90. The highest BCUT2D eigenvalue weighted by Crippen LogP contribution is 2.31. The fourth-order valence-corrected chi connectivity index (χ4v) is 2.68. The van der Waals surface area contributed by atoms with Gasteiger partial charge < -0.3 is 33.9 Å². The van der Waals surface area contributed by atoms with Crippen LogP contribution in [0.4, 0.5) is 0 Å². The first-order valence-electron chi connectivity index (χ1n) is 9.42. The van der Waals surface area contributed by atoms with Gasteiger partial charge in [0.05, 0.1) is 34.0 Å². The summed E-state index contributed by atoms with van der Waals surface area (Å²) in [5.41, 5.74) is 1.98. The summed E-state index contributed by atoms with van der Waals surface area (Å²) in [5.74, 6) is 1.21. The van der Waals surface area contributed by atoms with Crippen molar-refractivity contribution in [3.63, 3.8) is 0 Å². The second-order valence-electron chi connectivity index (χ2n) is 6.04. The molecular formula is C20H32O8. The predicted octanol–water partition coefficient (Wildman–Crippen LogP) is 1.48. The minimum atomic E-state index is -0.320. The summed E-state index contributed by atoms with van der Waals surface area (Å²) in [6.45, 7) is 0.818. The zero-order valence-electron chi connectivity index (χ0n) is 16.8. The zero-order valence-corrected chi connectivity index (χ0v) is 16.8. The molecule has 1 aromatic rings. The Morgan fingerprint density at radius 1 is 0.857 bits per heavy atom. The summed E-state index contributed by atoms with van der Waals surface area (Å²) in [4.78, 5) is 11.5. The molecule has 0 unspecified atom stereocenters. The Balaban J connectivity index is 2.55. The SMILES string of the molecule is COc1cc(CCCC(=O)OCCO)c(OC)cc1CCCOCOCCO. The van der Waals surface area contributed by atoms with E-state index in [1.807, 2.05) is 12.1 Å². The molecule has 0 heterocycles. The Hall–Kier alpha value is -1.87. The van der Waals surface area contributed by atoms with Gasteiger partial charge in [-0.05, 0) is 48.9 Å². The average molecular weight is 400 g/mol. The molecule has 1 rings (SSSR count). The van der Waals surface area contributed by atoms with E-state index in [0.29, 0.717) is 19.4 Å². The molecule has 1 aromatic carbocycles. The quantitative estimate of drug-likeness (QED) is 0.244.